The Balaban J connectivity index is 2.35. The number of rotatable bonds is 7. The maximum Gasteiger partial charge on any atom is 0.323 e. The van der Waals surface area contributed by atoms with Gasteiger partial charge in [-0.2, -0.15) is 0 Å². The molecule has 0 fully saturated rings. The second-order valence-corrected chi connectivity index (χ2v) is 5.29. The number of halogens is 1. The van der Waals surface area contributed by atoms with Gasteiger partial charge in [0.15, 0.2) is 0 Å². The van der Waals surface area contributed by atoms with Crippen LogP contribution >= 0.6 is 23.4 Å². The second kappa shape index (κ2) is 8.40. The van der Waals surface area contributed by atoms with E-state index in [1.165, 1.54) is 0 Å². The van der Waals surface area contributed by atoms with Crippen LogP contribution in [0.2, 0.25) is 5.02 Å². The third kappa shape index (κ3) is 5.29. The lowest BCUT2D eigenvalue weighted by Crippen LogP contribution is -2.36. The van der Waals surface area contributed by atoms with Gasteiger partial charge in [0.25, 0.3) is 0 Å². The van der Waals surface area contributed by atoms with Crippen molar-refractivity contribution in [2.75, 3.05) is 19.4 Å². The summed E-state index contributed by atoms with van der Waals surface area (Å²) < 4.78 is 4.99. The van der Waals surface area contributed by atoms with E-state index in [4.69, 9.17) is 16.3 Å². The summed E-state index contributed by atoms with van der Waals surface area (Å²) >= 11 is 7.52. The molecule has 0 radical (unpaired) electrons. The van der Waals surface area contributed by atoms with Gasteiger partial charge in [-0.05, 0) is 44.7 Å². The molecule has 0 spiro atoms. The molecule has 0 aliphatic rings. The van der Waals surface area contributed by atoms with Gasteiger partial charge < -0.3 is 10.1 Å². The second-order valence-electron chi connectivity index (χ2n) is 3.68. The molecule has 0 amide bonds. The Kier molecular flexibility index (Phi) is 7.16. The number of carbonyl (C=O) groups is 1. The molecule has 5 heteroatoms. The van der Waals surface area contributed by atoms with Gasteiger partial charge >= 0.3 is 5.97 Å². The number of thioether (sulfide) groups is 1. The number of ether oxygens (including phenoxy) is 1. The number of hydrogen-bond acceptors (Lipinski definition) is 4. The number of benzene rings is 1. The molecule has 0 aromatic heterocycles. The molecule has 0 aliphatic heterocycles. The van der Waals surface area contributed by atoms with Gasteiger partial charge in [-0.1, -0.05) is 11.6 Å². The van der Waals surface area contributed by atoms with E-state index in [-0.39, 0.29) is 12.0 Å². The van der Waals surface area contributed by atoms with Crippen LogP contribution in [0.1, 0.15) is 13.3 Å². The summed E-state index contributed by atoms with van der Waals surface area (Å²) in [6.07, 6.45) is 0.739. The van der Waals surface area contributed by atoms with Gasteiger partial charge in [-0.25, -0.2) is 0 Å². The summed E-state index contributed by atoms with van der Waals surface area (Å²) in [6.45, 7) is 2.23. The Bertz CT molecular complexity index is 370. The quantitative estimate of drug-likeness (QED) is 0.618. The van der Waals surface area contributed by atoms with E-state index in [0.717, 1.165) is 22.1 Å². The highest BCUT2D eigenvalue weighted by atomic mass is 35.5. The molecule has 0 saturated heterocycles. The molecular formula is C13H18ClNO2S. The minimum atomic E-state index is -0.232. The van der Waals surface area contributed by atoms with Gasteiger partial charge in [-0.3, -0.25) is 4.79 Å². The molecule has 18 heavy (non-hydrogen) atoms. The summed E-state index contributed by atoms with van der Waals surface area (Å²) in [5.74, 6) is 0.670. The predicted octanol–water partition coefficient (Wildman–Crippen LogP) is 2.97. The molecule has 0 saturated carbocycles. The molecule has 100 valence electrons. The van der Waals surface area contributed by atoms with E-state index in [0.29, 0.717) is 6.61 Å². The highest BCUT2D eigenvalue weighted by Gasteiger charge is 2.16. The Morgan fingerprint density at radius 2 is 2.11 bits per heavy atom. The van der Waals surface area contributed by atoms with E-state index in [9.17, 15) is 4.79 Å². The summed E-state index contributed by atoms with van der Waals surface area (Å²) in [7, 11) is 1.77. The highest BCUT2D eigenvalue weighted by molar-refractivity contribution is 7.99. The van der Waals surface area contributed by atoms with Gasteiger partial charge in [0.2, 0.25) is 0 Å². The first-order valence-electron chi connectivity index (χ1n) is 5.89. The minimum absolute atomic E-state index is 0.184. The summed E-state index contributed by atoms with van der Waals surface area (Å²) in [5.41, 5.74) is 0. The third-order valence-corrected chi connectivity index (χ3v) is 3.71. The maximum absolute atomic E-state index is 11.5. The molecule has 1 atom stereocenters. The van der Waals surface area contributed by atoms with Crippen LogP contribution < -0.4 is 5.32 Å². The topological polar surface area (TPSA) is 38.3 Å². The van der Waals surface area contributed by atoms with E-state index >= 15 is 0 Å². The molecule has 1 rings (SSSR count). The van der Waals surface area contributed by atoms with Gasteiger partial charge in [0, 0.05) is 15.7 Å². The number of hydrogen-bond donors (Lipinski definition) is 1. The summed E-state index contributed by atoms with van der Waals surface area (Å²) in [6, 6.07) is 7.46. The summed E-state index contributed by atoms with van der Waals surface area (Å²) in [5, 5.41) is 3.71. The highest BCUT2D eigenvalue weighted by Crippen LogP contribution is 2.21. The molecule has 3 nitrogen and oxygen atoms in total. The first kappa shape index (κ1) is 15.3. The van der Waals surface area contributed by atoms with Crippen LogP contribution in [0.3, 0.4) is 0 Å². The first-order valence-corrected chi connectivity index (χ1v) is 7.26. The van der Waals surface area contributed by atoms with Crippen molar-refractivity contribution in [3.63, 3.8) is 0 Å². The maximum atomic E-state index is 11.5. The Hall–Kier alpha value is -0.710. The van der Waals surface area contributed by atoms with Gasteiger partial charge in [0.1, 0.15) is 6.04 Å². The third-order valence-electron chi connectivity index (χ3n) is 2.41. The van der Waals surface area contributed by atoms with Gasteiger partial charge in [-0.15, -0.1) is 11.8 Å². The molecule has 0 bridgehead atoms. The largest absolute Gasteiger partial charge is 0.465 e. The first-order chi connectivity index (χ1) is 8.67. The lowest BCUT2D eigenvalue weighted by Gasteiger charge is -2.14. The molecule has 1 aromatic rings. The fourth-order valence-corrected chi connectivity index (χ4v) is 2.49. The smallest absolute Gasteiger partial charge is 0.323 e. The average molecular weight is 288 g/mol. The van der Waals surface area contributed by atoms with Crippen molar-refractivity contribution in [2.24, 2.45) is 0 Å². The predicted molar refractivity (Wildman–Crippen MR) is 76.3 cm³/mol. The standard InChI is InChI=1S/C13H18ClNO2S/c1-3-17-13(16)12(15-2)8-9-18-11-6-4-10(14)5-7-11/h4-7,12,15H,3,8-9H2,1-2H3. The van der Waals surface area contributed by atoms with Crippen molar-refractivity contribution in [3.05, 3.63) is 29.3 Å². The van der Waals surface area contributed by atoms with Crippen molar-refractivity contribution in [1.29, 1.82) is 0 Å². The summed E-state index contributed by atoms with van der Waals surface area (Å²) in [4.78, 5) is 12.7. The number of likely N-dealkylation sites (N-methyl/N-ethyl adjacent to an activating group) is 1. The number of nitrogens with one attached hydrogen (secondary N) is 1. The van der Waals surface area contributed by atoms with Crippen molar-refractivity contribution in [1.82, 2.24) is 5.32 Å². The zero-order valence-electron chi connectivity index (χ0n) is 10.6. The molecule has 1 aromatic carbocycles. The lowest BCUT2D eigenvalue weighted by molar-refractivity contribution is -0.145. The average Bonchev–Trinajstić information content (AvgIpc) is 2.37. The van der Waals surface area contributed by atoms with E-state index in [2.05, 4.69) is 5.32 Å². The minimum Gasteiger partial charge on any atom is -0.465 e. The molecule has 0 heterocycles. The molecular weight excluding hydrogens is 270 g/mol. The van der Waals surface area contributed by atoms with Crippen LogP contribution in [0, 0.1) is 0 Å². The Labute approximate surface area is 117 Å². The van der Waals surface area contributed by atoms with E-state index in [1.54, 1.807) is 18.8 Å². The normalized spacial score (nSPS) is 12.2. The van der Waals surface area contributed by atoms with Crippen LogP contribution in [0.5, 0.6) is 0 Å². The van der Waals surface area contributed by atoms with Crippen molar-refractivity contribution in [2.45, 2.75) is 24.3 Å². The Morgan fingerprint density at radius 1 is 1.44 bits per heavy atom. The van der Waals surface area contributed by atoms with Crippen LogP contribution in [0.15, 0.2) is 29.2 Å². The fraction of sp³-hybridized carbons (Fsp3) is 0.462. The number of esters is 1. The van der Waals surface area contributed by atoms with E-state index < -0.39 is 0 Å². The van der Waals surface area contributed by atoms with Crippen LogP contribution in [-0.4, -0.2) is 31.4 Å². The lowest BCUT2D eigenvalue weighted by atomic mass is 10.2. The number of carbonyl (C=O) groups excluding carboxylic acids is 1. The van der Waals surface area contributed by atoms with Crippen LogP contribution in [0.25, 0.3) is 0 Å². The van der Waals surface area contributed by atoms with Crippen molar-refractivity contribution >= 4 is 29.3 Å². The zero-order valence-corrected chi connectivity index (χ0v) is 12.2. The molecule has 1 unspecified atom stereocenters. The monoisotopic (exact) mass is 287 g/mol. The molecule has 1 N–H and O–H groups in total. The zero-order chi connectivity index (χ0) is 13.4. The van der Waals surface area contributed by atoms with E-state index in [1.807, 2.05) is 31.2 Å². The van der Waals surface area contributed by atoms with Crippen LogP contribution in [-0.2, 0) is 9.53 Å². The SMILES string of the molecule is CCOC(=O)C(CCSc1ccc(Cl)cc1)NC. The Morgan fingerprint density at radius 3 is 2.67 bits per heavy atom. The van der Waals surface area contributed by atoms with Crippen LogP contribution in [0.4, 0.5) is 0 Å². The fourth-order valence-electron chi connectivity index (χ4n) is 1.45. The van der Waals surface area contributed by atoms with Gasteiger partial charge in [0.05, 0.1) is 6.61 Å². The van der Waals surface area contributed by atoms with Crippen molar-refractivity contribution < 1.29 is 9.53 Å². The van der Waals surface area contributed by atoms with Crippen molar-refractivity contribution in [3.8, 4) is 0 Å². The molecule has 0 aliphatic carbocycles.